The highest BCUT2D eigenvalue weighted by molar-refractivity contribution is 7.16. The molecule has 0 fully saturated rings. The average molecular weight is 183 g/mol. The van der Waals surface area contributed by atoms with E-state index in [0.29, 0.717) is 0 Å². The Morgan fingerprint density at radius 3 is 2.83 bits per heavy atom. The fraction of sp³-hybridized carbons (Fsp3) is 0.500. The van der Waals surface area contributed by atoms with E-state index in [9.17, 15) is 0 Å². The molecular weight excluding hydrogens is 174 g/mol. The summed E-state index contributed by atoms with van der Waals surface area (Å²) in [5.41, 5.74) is 5.67. The first-order valence-electron chi connectivity index (χ1n) is 3.63. The van der Waals surface area contributed by atoms with E-state index in [1.807, 2.05) is 13.8 Å². The highest BCUT2D eigenvalue weighted by Crippen LogP contribution is 2.17. The second kappa shape index (κ2) is 2.49. The molecule has 1 atom stereocenters. The Hall–Kier alpha value is -1.01. The Bertz CT molecular complexity index is 401. The molecule has 0 saturated carbocycles. The van der Waals surface area contributed by atoms with Gasteiger partial charge < -0.3 is 5.73 Å². The van der Waals surface area contributed by atoms with Crippen LogP contribution in [-0.2, 0) is 0 Å². The number of rotatable bonds is 1. The topological polar surface area (TPSA) is 69.1 Å². The number of nitrogens with two attached hydrogens (primary N) is 1. The van der Waals surface area contributed by atoms with Gasteiger partial charge in [-0.2, -0.15) is 9.61 Å². The van der Waals surface area contributed by atoms with Gasteiger partial charge in [-0.1, -0.05) is 11.3 Å². The molecule has 2 aromatic heterocycles. The molecule has 2 rings (SSSR count). The van der Waals surface area contributed by atoms with Crippen LogP contribution in [0, 0.1) is 6.92 Å². The first kappa shape index (κ1) is 7.63. The van der Waals surface area contributed by atoms with Crippen molar-refractivity contribution in [2.75, 3.05) is 0 Å². The first-order valence-corrected chi connectivity index (χ1v) is 4.44. The van der Waals surface area contributed by atoms with E-state index in [4.69, 9.17) is 5.73 Å². The molecule has 0 bridgehead atoms. The summed E-state index contributed by atoms with van der Waals surface area (Å²) in [6, 6.07) is -0.0314. The minimum absolute atomic E-state index is 0.0314. The molecule has 0 aliphatic heterocycles. The predicted octanol–water partition coefficient (Wildman–Crippen LogP) is 0.514. The van der Waals surface area contributed by atoms with Crippen molar-refractivity contribution in [3.63, 3.8) is 0 Å². The van der Waals surface area contributed by atoms with Crippen LogP contribution < -0.4 is 5.73 Å². The Morgan fingerprint density at radius 1 is 1.50 bits per heavy atom. The van der Waals surface area contributed by atoms with Crippen LogP contribution in [0.4, 0.5) is 0 Å². The third kappa shape index (κ3) is 0.997. The molecule has 0 radical (unpaired) electrons. The maximum Gasteiger partial charge on any atom is 0.234 e. The van der Waals surface area contributed by atoms with E-state index in [1.165, 1.54) is 11.3 Å². The molecule has 0 spiro atoms. The van der Waals surface area contributed by atoms with Crippen molar-refractivity contribution in [2.45, 2.75) is 19.9 Å². The molecule has 1 unspecified atom stereocenters. The van der Waals surface area contributed by atoms with E-state index in [2.05, 4.69) is 15.3 Å². The first-order chi connectivity index (χ1) is 5.68. The number of aromatic nitrogens is 4. The van der Waals surface area contributed by atoms with Gasteiger partial charge in [-0.05, 0) is 13.8 Å². The average Bonchev–Trinajstić information content (AvgIpc) is 2.53. The molecule has 2 heterocycles. The number of fused-ring (bicyclic) bond motifs is 1. The molecule has 0 aliphatic rings. The quantitative estimate of drug-likeness (QED) is 0.699. The summed E-state index contributed by atoms with van der Waals surface area (Å²) in [5.74, 6) is 0.799. The lowest BCUT2D eigenvalue weighted by Crippen LogP contribution is -2.05. The fourth-order valence-corrected chi connectivity index (χ4v) is 1.75. The fourth-order valence-electron chi connectivity index (χ4n) is 0.914. The maximum atomic E-state index is 5.67. The van der Waals surface area contributed by atoms with Crippen molar-refractivity contribution in [3.05, 3.63) is 10.8 Å². The van der Waals surface area contributed by atoms with Crippen LogP contribution in [-0.4, -0.2) is 19.8 Å². The van der Waals surface area contributed by atoms with Gasteiger partial charge in [-0.3, -0.25) is 0 Å². The van der Waals surface area contributed by atoms with E-state index < -0.39 is 0 Å². The molecule has 0 aliphatic carbocycles. The summed E-state index contributed by atoms with van der Waals surface area (Å²) < 4.78 is 1.71. The zero-order chi connectivity index (χ0) is 8.72. The molecule has 2 N–H and O–H groups in total. The summed E-state index contributed by atoms with van der Waals surface area (Å²) in [4.78, 5) is 0.805. The van der Waals surface area contributed by atoms with Crippen LogP contribution in [0.2, 0.25) is 0 Å². The Balaban J connectivity index is 2.63. The zero-order valence-corrected chi connectivity index (χ0v) is 7.67. The van der Waals surface area contributed by atoms with E-state index in [1.54, 1.807) is 4.52 Å². The largest absolute Gasteiger partial charge is 0.322 e. The second-order valence-corrected chi connectivity index (χ2v) is 3.66. The zero-order valence-electron chi connectivity index (χ0n) is 6.85. The highest BCUT2D eigenvalue weighted by atomic mass is 32.1. The molecule has 0 aromatic carbocycles. The third-order valence-electron chi connectivity index (χ3n) is 1.55. The summed E-state index contributed by atoms with van der Waals surface area (Å²) in [6.45, 7) is 3.77. The molecule has 6 heteroatoms. The highest BCUT2D eigenvalue weighted by Gasteiger charge is 2.10. The lowest BCUT2D eigenvalue weighted by molar-refractivity contribution is 0.758. The number of hydrogen-bond donors (Lipinski definition) is 1. The lowest BCUT2D eigenvalue weighted by Gasteiger charge is -1.94. The van der Waals surface area contributed by atoms with Crippen molar-refractivity contribution in [1.29, 1.82) is 0 Å². The standard InChI is InChI=1S/C6H9N5S/c1-3(7)5-10-11-4(2)8-9-6(11)12-5/h3H,7H2,1-2H3. The lowest BCUT2D eigenvalue weighted by atomic mass is 10.4. The van der Waals surface area contributed by atoms with Gasteiger partial charge >= 0.3 is 0 Å². The van der Waals surface area contributed by atoms with Gasteiger partial charge in [0.25, 0.3) is 0 Å². The van der Waals surface area contributed by atoms with Crippen molar-refractivity contribution < 1.29 is 0 Å². The Kier molecular flexibility index (Phi) is 1.59. The SMILES string of the molecule is Cc1nnc2sc(C(C)N)nn12. The van der Waals surface area contributed by atoms with Crippen LogP contribution >= 0.6 is 11.3 Å². The molecular formula is C6H9N5S. The van der Waals surface area contributed by atoms with Crippen molar-refractivity contribution in [2.24, 2.45) is 5.73 Å². The summed E-state index contributed by atoms with van der Waals surface area (Å²) in [5, 5.41) is 13.0. The Labute approximate surface area is 73.2 Å². The maximum absolute atomic E-state index is 5.67. The van der Waals surface area contributed by atoms with Crippen LogP contribution in [0.3, 0.4) is 0 Å². The molecule has 0 saturated heterocycles. The van der Waals surface area contributed by atoms with Gasteiger partial charge in [0.1, 0.15) is 5.01 Å². The number of aryl methyl sites for hydroxylation is 1. The molecule has 64 valence electrons. The van der Waals surface area contributed by atoms with Gasteiger partial charge in [0.05, 0.1) is 6.04 Å². The van der Waals surface area contributed by atoms with Gasteiger partial charge in [-0.25, -0.2) is 0 Å². The van der Waals surface area contributed by atoms with Crippen LogP contribution in [0.25, 0.3) is 4.96 Å². The van der Waals surface area contributed by atoms with Crippen molar-refractivity contribution in [3.8, 4) is 0 Å². The third-order valence-corrected chi connectivity index (χ3v) is 2.65. The van der Waals surface area contributed by atoms with E-state index in [0.717, 1.165) is 15.8 Å². The Morgan fingerprint density at radius 2 is 2.25 bits per heavy atom. The smallest absolute Gasteiger partial charge is 0.234 e. The van der Waals surface area contributed by atoms with Gasteiger partial charge in [-0.15, -0.1) is 10.2 Å². The van der Waals surface area contributed by atoms with Crippen molar-refractivity contribution >= 4 is 16.3 Å². The monoisotopic (exact) mass is 183 g/mol. The molecule has 12 heavy (non-hydrogen) atoms. The van der Waals surface area contributed by atoms with Gasteiger partial charge in [0.2, 0.25) is 4.96 Å². The number of nitrogens with zero attached hydrogens (tertiary/aromatic N) is 4. The minimum Gasteiger partial charge on any atom is -0.322 e. The van der Waals surface area contributed by atoms with Gasteiger partial charge in [0, 0.05) is 0 Å². The predicted molar refractivity (Wildman–Crippen MR) is 46.0 cm³/mol. The van der Waals surface area contributed by atoms with Crippen LogP contribution in [0.15, 0.2) is 0 Å². The summed E-state index contributed by atoms with van der Waals surface area (Å²) in [6.07, 6.45) is 0. The minimum atomic E-state index is -0.0314. The van der Waals surface area contributed by atoms with E-state index in [-0.39, 0.29) is 6.04 Å². The van der Waals surface area contributed by atoms with Crippen molar-refractivity contribution in [1.82, 2.24) is 19.8 Å². The summed E-state index contributed by atoms with van der Waals surface area (Å²) in [7, 11) is 0. The molecule has 2 aromatic rings. The molecule has 5 nitrogen and oxygen atoms in total. The van der Waals surface area contributed by atoms with E-state index >= 15 is 0 Å². The van der Waals surface area contributed by atoms with Gasteiger partial charge in [0.15, 0.2) is 5.82 Å². The normalized spacial score (nSPS) is 13.9. The molecule has 0 amide bonds. The van der Waals surface area contributed by atoms with Crippen LogP contribution in [0.1, 0.15) is 23.8 Å². The second-order valence-electron chi connectivity index (χ2n) is 2.67. The summed E-state index contributed by atoms with van der Waals surface area (Å²) >= 11 is 1.48. The van der Waals surface area contributed by atoms with Crippen LogP contribution in [0.5, 0.6) is 0 Å². The number of hydrogen-bond acceptors (Lipinski definition) is 5.